The van der Waals surface area contributed by atoms with Gasteiger partial charge in [-0.1, -0.05) is 18.2 Å². The summed E-state index contributed by atoms with van der Waals surface area (Å²) in [4.78, 5) is 23.1. The topological polar surface area (TPSA) is 108 Å². The van der Waals surface area contributed by atoms with Gasteiger partial charge in [0.1, 0.15) is 5.84 Å². The molecule has 1 aliphatic rings. The maximum Gasteiger partial charge on any atom is 0.284 e. The van der Waals surface area contributed by atoms with E-state index in [2.05, 4.69) is 15.1 Å². The van der Waals surface area contributed by atoms with E-state index in [1.807, 2.05) is 6.07 Å². The molecule has 1 fully saturated rings. The second kappa shape index (κ2) is 6.96. The maximum absolute atomic E-state index is 12.4. The largest absolute Gasteiger partial charge is 0.326 e. The number of anilines is 2. The molecular formula is C17H16N4O4S. The number of nitrogens with zero attached hydrogens (tertiary/aromatic N) is 2. The first kappa shape index (κ1) is 17.6. The standard InChI is InChI=1S/C17H16N4O4S/c1-12(22)18-13-7-9-15(10-8-13)26(24,25)20-16-11-17(23)21(19-16)14-5-3-2-4-6-14/h2-10H,11H2,1H3,(H,18,22)(H,19,20). The van der Waals surface area contributed by atoms with Crippen molar-refractivity contribution in [2.24, 2.45) is 4.40 Å². The molecule has 0 bridgehead atoms. The first-order valence-electron chi connectivity index (χ1n) is 7.71. The number of para-hydroxylation sites is 1. The summed E-state index contributed by atoms with van der Waals surface area (Å²) in [6.07, 6.45) is -0.141. The summed E-state index contributed by atoms with van der Waals surface area (Å²) in [5.74, 6) is -0.508. The molecular weight excluding hydrogens is 356 g/mol. The molecule has 0 saturated carbocycles. The number of hydrazine groups is 1. The van der Waals surface area contributed by atoms with Crippen LogP contribution in [-0.2, 0) is 19.6 Å². The highest BCUT2D eigenvalue weighted by atomic mass is 32.2. The fraction of sp³-hybridized carbons (Fsp3) is 0.118. The number of benzene rings is 2. The van der Waals surface area contributed by atoms with Gasteiger partial charge in [-0.05, 0) is 36.4 Å². The van der Waals surface area contributed by atoms with Crippen LogP contribution in [0.1, 0.15) is 13.3 Å². The Kier molecular flexibility index (Phi) is 4.72. The first-order chi connectivity index (χ1) is 12.3. The highest BCUT2D eigenvalue weighted by molar-refractivity contribution is 7.90. The molecule has 2 aromatic rings. The van der Waals surface area contributed by atoms with Crippen molar-refractivity contribution in [2.75, 3.05) is 10.3 Å². The Labute approximate surface area is 150 Å². The lowest BCUT2D eigenvalue weighted by Crippen LogP contribution is -2.36. The molecule has 1 heterocycles. The minimum absolute atomic E-state index is 0.0356. The Morgan fingerprint density at radius 3 is 2.38 bits per heavy atom. The van der Waals surface area contributed by atoms with Crippen molar-refractivity contribution in [1.29, 1.82) is 0 Å². The Bertz CT molecular complexity index is 970. The predicted octanol–water partition coefficient (Wildman–Crippen LogP) is 1.67. The van der Waals surface area contributed by atoms with Crippen molar-refractivity contribution < 1.29 is 18.0 Å². The van der Waals surface area contributed by atoms with Crippen molar-refractivity contribution in [3.8, 4) is 0 Å². The van der Waals surface area contributed by atoms with Gasteiger partial charge in [0, 0.05) is 12.6 Å². The van der Waals surface area contributed by atoms with E-state index in [4.69, 9.17) is 0 Å². The number of nitrogens with one attached hydrogen (secondary N) is 2. The van der Waals surface area contributed by atoms with E-state index in [-0.39, 0.29) is 29.0 Å². The SMILES string of the molecule is CC(=O)Nc1ccc(S(=O)(=O)/N=C2/CC(=O)N(c3ccccc3)N2)cc1. The number of carbonyl (C=O) groups excluding carboxylic acids is 2. The normalized spacial score (nSPS) is 15.8. The van der Waals surface area contributed by atoms with Crippen molar-refractivity contribution >= 4 is 39.0 Å². The second-order valence-electron chi connectivity index (χ2n) is 5.57. The van der Waals surface area contributed by atoms with Crippen LogP contribution in [0.4, 0.5) is 11.4 Å². The van der Waals surface area contributed by atoms with Crippen LogP contribution in [0.15, 0.2) is 63.9 Å². The zero-order valence-electron chi connectivity index (χ0n) is 13.8. The molecule has 2 aromatic carbocycles. The molecule has 1 aliphatic heterocycles. The van der Waals surface area contributed by atoms with E-state index in [1.54, 1.807) is 24.3 Å². The molecule has 0 spiro atoms. The number of amides is 2. The summed E-state index contributed by atoms with van der Waals surface area (Å²) >= 11 is 0. The molecule has 26 heavy (non-hydrogen) atoms. The van der Waals surface area contributed by atoms with E-state index in [9.17, 15) is 18.0 Å². The van der Waals surface area contributed by atoms with Gasteiger partial charge in [0.05, 0.1) is 17.0 Å². The average Bonchev–Trinajstić information content (AvgIpc) is 2.95. The van der Waals surface area contributed by atoms with Crippen LogP contribution in [0.2, 0.25) is 0 Å². The third-order valence-corrected chi connectivity index (χ3v) is 4.85. The molecule has 2 amide bonds. The van der Waals surface area contributed by atoms with Crippen LogP contribution in [0.3, 0.4) is 0 Å². The highest BCUT2D eigenvalue weighted by Gasteiger charge is 2.28. The van der Waals surface area contributed by atoms with Crippen molar-refractivity contribution in [1.82, 2.24) is 5.43 Å². The number of sulfonamides is 1. The highest BCUT2D eigenvalue weighted by Crippen LogP contribution is 2.20. The van der Waals surface area contributed by atoms with Crippen LogP contribution in [0.5, 0.6) is 0 Å². The van der Waals surface area contributed by atoms with Crippen molar-refractivity contribution in [2.45, 2.75) is 18.2 Å². The number of rotatable bonds is 4. The van der Waals surface area contributed by atoms with Gasteiger partial charge in [-0.2, -0.15) is 8.42 Å². The van der Waals surface area contributed by atoms with Crippen LogP contribution < -0.4 is 15.8 Å². The minimum Gasteiger partial charge on any atom is -0.326 e. The fourth-order valence-electron chi connectivity index (χ4n) is 2.40. The zero-order chi connectivity index (χ0) is 18.7. The fourth-order valence-corrected chi connectivity index (χ4v) is 3.38. The Balaban J connectivity index is 1.80. The Hall–Kier alpha value is -3.20. The lowest BCUT2D eigenvalue weighted by atomic mass is 10.3. The zero-order valence-corrected chi connectivity index (χ0v) is 14.7. The van der Waals surface area contributed by atoms with Gasteiger partial charge in [-0.25, -0.2) is 5.01 Å². The maximum atomic E-state index is 12.4. The average molecular weight is 372 g/mol. The van der Waals surface area contributed by atoms with Gasteiger partial charge < -0.3 is 5.32 Å². The van der Waals surface area contributed by atoms with Gasteiger partial charge in [0.25, 0.3) is 15.9 Å². The molecule has 0 radical (unpaired) electrons. The lowest BCUT2D eigenvalue weighted by Gasteiger charge is -2.15. The van der Waals surface area contributed by atoms with E-state index in [1.165, 1.54) is 36.2 Å². The second-order valence-corrected chi connectivity index (χ2v) is 7.18. The monoisotopic (exact) mass is 372 g/mol. The summed E-state index contributed by atoms with van der Waals surface area (Å²) in [5, 5.41) is 3.81. The molecule has 134 valence electrons. The number of hydrogen-bond acceptors (Lipinski definition) is 4. The van der Waals surface area contributed by atoms with Crippen LogP contribution in [-0.4, -0.2) is 26.1 Å². The Morgan fingerprint density at radius 1 is 1.12 bits per heavy atom. The van der Waals surface area contributed by atoms with Gasteiger partial charge in [-0.3, -0.25) is 15.0 Å². The quantitative estimate of drug-likeness (QED) is 0.849. The third kappa shape index (κ3) is 3.89. The molecule has 0 aliphatic carbocycles. The first-order valence-corrected chi connectivity index (χ1v) is 9.15. The van der Waals surface area contributed by atoms with E-state index in [0.717, 1.165) is 0 Å². The smallest absolute Gasteiger partial charge is 0.284 e. The van der Waals surface area contributed by atoms with Gasteiger partial charge in [-0.15, -0.1) is 4.40 Å². The van der Waals surface area contributed by atoms with E-state index >= 15 is 0 Å². The summed E-state index contributed by atoms with van der Waals surface area (Å²) in [6, 6.07) is 14.4. The predicted molar refractivity (Wildman–Crippen MR) is 97.0 cm³/mol. The Morgan fingerprint density at radius 2 is 1.77 bits per heavy atom. The molecule has 0 unspecified atom stereocenters. The van der Waals surface area contributed by atoms with E-state index in [0.29, 0.717) is 11.4 Å². The molecule has 9 heteroatoms. The summed E-state index contributed by atoms with van der Waals surface area (Å²) < 4.78 is 28.6. The van der Waals surface area contributed by atoms with Crippen molar-refractivity contribution in [3.05, 3.63) is 54.6 Å². The molecule has 8 nitrogen and oxygen atoms in total. The number of amidine groups is 1. The van der Waals surface area contributed by atoms with Crippen molar-refractivity contribution in [3.63, 3.8) is 0 Å². The number of hydrogen-bond donors (Lipinski definition) is 2. The molecule has 0 atom stereocenters. The molecule has 0 aromatic heterocycles. The number of carbonyl (C=O) groups is 2. The van der Waals surface area contributed by atoms with Gasteiger partial charge in [0.2, 0.25) is 5.91 Å². The molecule has 1 saturated heterocycles. The van der Waals surface area contributed by atoms with Gasteiger partial charge >= 0.3 is 0 Å². The van der Waals surface area contributed by atoms with E-state index < -0.39 is 10.0 Å². The van der Waals surface area contributed by atoms with Crippen LogP contribution in [0.25, 0.3) is 0 Å². The van der Waals surface area contributed by atoms with Gasteiger partial charge in [0.15, 0.2) is 0 Å². The molecule has 3 rings (SSSR count). The summed E-state index contributed by atoms with van der Waals surface area (Å²) in [6.45, 7) is 1.36. The lowest BCUT2D eigenvalue weighted by molar-refractivity contribution is -0.117. The minimum atomic E-state index is -3.98. The van der Waals surface area contributed by atoms with Crippen LogP contribution >= 0.6 is 0 Å². The third-order valence-electron chi connectivity index (χ3n) is 3.53. The van der Waals surface area contributed by atoms with Crippen LogP contribution in [0, 0.1) is 0 Å². The summed E-state index contributed by atoms with van der Waals surface area (Å²) in [7, 11) is -3.98. The summed E-state index contributed by atoms with van der Waals surface area (Å²) in [5.41, 5.74) is 3.80. The molecule has 2 N–H and O–H groups in total.